The molecule has 1 aliphatic rings. The summed E-state index contributed by atoms with van der Waals surface area (Å²) in [5, 5.41) is 23.6. The monoisotopic (exact) mass is 496 g/mol. The molecule has 1 aromatic carbocycles. The molecule has 2 aromatic heterocycles. The molecule has 0 unspecified atom stereocenters. The van der Waals surface area contributed by atoms with Gasteiger partial charge in [0, 0.05) is 31.9 Å². The molecule has 35 heavy (non-hydrogen) atoms. The van der Waals surface area contributed by atoms with Crippen LogP contribution in [0.2, 0.25) is 0 Å². The van der Waals surface area contributed by atoms with E-state index in [4.69, 9.17) is 0 Å². The van der Waals surface area contributed by atoms with Gasteiger partial charge in [0.25, 0.3) is 5.69 Å². The molecule has 1 aliphatic heterocycles. The highest BCUT2D eigenvalue weighted by Gasteiger charge is 2.42. The van der Waals surface area contributed by atoms with E-state index in [1.165, 1.54) is 12.1 Å². The van der Waals surface area contributed by atoms with Crippen LogP contribution in [0.1, 0.15) is 18.4 Å². The molecule has 10 nitrogen and oxygen atoms in total. The number of nitrogens with zero attached hydrogens (tertiary/aromatic N) is 4. The average Bonchev–Trinajstić information content (AvgIpc) is 3.55. The summed E-state index contributed by atoms with van der Waals surface area (Å²) in [4.78, 5) is 39.5. The Bertz CT molecular complexity index is 1170. The van der Waals surface area contributed by atoms with Crippen molar-refractivity contribution in [2.24, 2.45) is 0 Å². The summed E-state index contributed by atoms with van der Waals surface area (Å²) in [6.07, 6.45) is 3.32. The predicted molar refractivity (Wildman–Crippen MR) is 133 cm³/mol. The number of thiophene rings is 1. The Morgan fingerprint density at radius 2 is 1.97 bits per heavy atom. The van der Waals surface area contributed by atoms with Crippen molar-refractivity contribution in [3.05, 3.63) is 69.7 Å². The van der Waals surface area contributed by atoms with Crippen LogP contribution in [0.25, 0.3) is 10.6 Å². The Balaban J connectivity index is 1.38. The zero-order chi connectivity index (χ0) is 24.8. The lowest BCUT2D eigenvalue weighted by atomic mass is 9.86. The smallest absolute Gasteiger partial charge is 0.269 e. The zero-order valence-corrected chi connectivity index (χ0v) is 20.3. The van der Waals surface area contributed by atoms with Crippen molar-refractivity contribution in [1.29, 1.82) is 0 Å². The Labute approximate surface area is 207 Å². The molecule has 4 rings (SSSR count). The number of nitrogens with one attached hydrogen (secondary N) is 2. The van der Waals surface area contributed by atoms with Gasteiger partial charge in [-0.15, -0.1) is 11.3 Å². The number of hydrogen-bond acceptors (Lipinski definition) is 7. The molecule has 3 heterocycles. The molecule has 0 atom stereocenters. The number of likely N-dealkylation sites (N-methyl/N-ethyl adjacent to an activating group) is 1. The number of hydrogen-bond donors (Lipinski definition) is 2. The number of amides is 2. The lowest BCUT2D eigenvalue weighted by Crippen LogP contribution is -2.63. The lowest BCUT2D eigenvalue weighted by Gasteiger charge is -2.39. The first-order chi connectivity index (χ1) is 16.9. The SMILES string of the molecule is CN(CCc1ccc([N+](=O)[O-])cc1)C(=O)C1(NC(=O)Cn2ccc(-c3cccs3)n2)CCNCC1. The van der Waals surface area contributed by atoms with Crippen molar-refractivity contribution in [2.45, 2.75) is 31.3 Å². The predicted octanol–water partition coefficient (Wildman–Crippen LogP) is 2.46. The molecule has 0 radical (unpaired) electrons. The number of nitro benzene ring substituents is 1. The molecule has 2 N–H and O–H groups in total. The van der Waals surface area contributed by atoms with Crippen LogP contribution < -0.4 is 10.6 Å². The molecule has 1 fully saturated rings. The number of nitro groups is 1. The van der Waals surface area contributed by atoms with Crippen LogP contribution in [0.4, 0.5) is 5.69 Å². The number of carbonyl (C=O) groups is 2. The zero-order valence-electron chi connectivity index (χ0n) is 19.5. The molecular formula is C24H28N6O4S. The number of non-ortho nitro benzene ring substituents is 1. The van der Waals surface area contributed by atoms with E-state index in [0.717, 1.165) is 16.1 Å². The summed E-state index contributed by atoms with van der Waals surface area (Å²) in [6, 6.07) is 12.1. The third-order valence-electron chi connectivity index (χ3n) is 6.19. The van der Waals surface area contributed by atoms with Gasteiger partial charge in [0.15, 0.2) is 0 Å². The molecule has 11 heteroatoms. The van der Waals surface area contributed by atoms with Gasteiger partial charge in [-0.05, 0) is 55.4 Å². The Morgan fingerprint density at radius 1 is 1.23 bits per heavy atom. The second-order valence-corrected chi connectivity index (χ2v) is 9.60. The van der Waals surface area contributed by atoms with Crippen LogP contribution in [0, 0.1) is 10.1 Å². The summed E-state index contributed by atoms with van der Waals surface area (Å²) in [5.41, 5.74) is 0.774. The molecule has 0 aliphatic carbocycles. The number of piperidine rings is 1. The first-order valence-corrected chi connectivity index (χ1v) is 12.3. The summed E-state index contributed by atoms with van der Waals surface area (Å²) < 4.78 is 1.59. The van der Waals surface area contributed by atoms with Gasteiger partial charge in [-0.25, -0.2) is 0 Å². The maximum absolute atomic E-state index is 13.5. The van der Waals surface area contributed by atoms with Gasteiger partial charge < -0.3 is 15.5 Å². The number of benzene rings is 1. The highest BCUT2D eigenvalue weighted by molar-refractivity contribution is 7.13. The van der Waals surface area contributed by atoms with Gasteiger partial charge in [-0.1, -0.05) is 18.2 Å². The minimum atomic E-state index is -0.976. The molecular weight excluding hydrogens is 468 g/mol. The van der Waals surface area contributed by atoms with Gasteiger partial charge in [-0.2, -0.15) is 5.10 Å². The van der Waals surface area contributed by atoms with Crippen LogP contribution in [0.3, 0.4) is 0 Å². The van der Waals surface area contributed by atoms with Crippen LogP contribution in [0.15, 0.2) is 54.0 Å². The van der Waals surface area contributed by atoms with Gasteiger partial charge in [0.05, 0.1) is 9.80 Å². The molecule has 3 aromatic rings. The van der Waals surface area contributed by atoms with Crippen molar-refractivity contribution in [1.82, 2.24) is 25.3 Å². The Morgan fingerprint density at radius 3 is 2.63 bits per heavy atom. The van der Waals surface area contributed by atoms with Gasteiger partial charge in [-0.3, -0.25) is 24.4 Å². The molecule has 0 spiro atoms. The van der Waals surface area contributed by atoms with Crippen LogP contribution >= 0.6 is 11.3 Å². The van der Waals surface area contributed by atoms with E-state index < -0.39 is 10.5 Å². The van der Waals surface area contributed by atoms with E-state index in [1.54, 1.807) is 46.3 Å². The molecule has 184 valence electrons. The topological polar surface area (TPSA) is 122 Å². The number of carbonyl (C=O) groups excluding carboxylic acids is 2. The summed E-state index contributed by atoms with van der Waals surface area (Å²) in [7, 11) is 1.73. The Kier molecular flexibility index (Phi) is 7.57. The minimum absolute atomic E-state index is 0.0281. The van der Waals surface area contributed by atoms with E-state index >= 15 is 0 Å². The van der Waals surface area contributed by atoms with E-state index in [2.05, 4.69) is 15.7 Å². The quantitative estimate of drug-likeness (QED) is 0.347. The van der Waals surface area contributed by atoms with Crippen molar-refractivity contribution in [3.8, 4) is 10.6 Å². The first-order valence-electron chi connectivity index (χ1n) is 11.4. The Hall–Kier alpha value is -3.57. The fraction of sp³-hybridized carbons (Fsp3) is 0.375. The van der Waals surface area contributed by atoms with Gasteiger partial charge in [0.1, 0.15) is 17.8 Å². The van der Waals surface area contributed by atoms with Crippen LogP contribution in [-0.2, 0) is 22.6 Å². The summed E-state index contributed by atoms with van der Waals surface area (Å²) in [6.45, 7) is 1.73. The van der Waals surface area contributed by atoms with E-state index in [0.29, 0.717) is 38.9 Å². The van der Waals surface area contributed by atoms with Gasteiger partial charge >= 0.3 is 0 Å². The van der Waals surface area contributed by atoms with E-state index in [-0.39, 0.29) is 24.0 Å². The van der Waals surface area contributed by atoms with Crippen LogP contribution in [0.5, 0.6) is 0 Å². The normalized spacial score (nSPS) is 14.9. The lowest BCUT2D eigenvalue weighted by molar-refractivity contribution is -0.384. The van der Waals surface area contributed by atoms with Crippen molar-refractivity contribution in [3.63, 3.8) is 0 Å². The van der Waals surface area contributed by atoms with Crippen molar-refractivity contribution < 1.29 is 14.5 Å². The summed E-state index contributed by atoms with van der Waals surface area (Å²) >= 11 is 1.58. The third-order valence-corrected chi connectivity index (χ3v) is 7.09. The number of aromatic nitrogens is 2. The maximum atomic E-state index is 13.5. The van der Waals surface area contributed by atoms with Gasteiger partial charge in [0.2, 0.25) is 11.8 Å². The summed E-state index contributed by atoms with van der Waals surface area (Å²) in [5.74, 6) is -0.390. The van der Waals surface area contributed by atoms with Crippen LogP contribution in [-0.4, -0.2) is 63.6 Å². The standard InChI is InChI=1S/C24H28N6O4S/c1-28(14-8-18-4-6-19(7-5-18)30(33)34)23(32)24(10-12-25-13-11-24)26-22(31)17-29-15-9-20(27-29)21-3-2-16-35-21/h2-7,9,15-16,25H,8,10-14,17H2,1H3,(H,26,31). The highest BCUT2D eigenvalue weighted by atomic mass is 32.1. The number of rotatable bonds is 9. The fourth-order valence-electron chi connectivity index (χ4n) is 4.25. The molecule has 0 bridgehead atoms. The largest absolute Gasteiger partial charge is 0.343 e. The average molecular weight is 497 g/mol. The van der Waals surface area contributed by atoms with Crippen molar-refractivity contribution in [2.75, 3.05) is 26.7 Å². The van der Waals surface area contributed by atoms with E-state index in [9.17, 15) is 19.7 Å². The highest BCUT2D eigenvalue weighted by Crippen LogP contribution is 2.23. The second kappa shape index (κ2) is 10.8. The molecule has 0 saturated carbocycles. The molecule has 2 amide bonds. The fourth-order valence-corrected chi connectivity index (χ4v) is 4.94. The van der Waals surface area contributed by atoms with Crippen molar-refractivity contribution >= 4 is 28.8 Å². The third kappa shape index (κ3) is 5.92. The minimum Gasteiger partial charge on any atom is -0.343 e. The second-order valence-electron chi connectivity index (χ2n) is 8.66. The maximum Gasteiger partial charge on any atom is 0.269 e. The van der Waals surface area contributed by atoms with E-state index in [1.807, 2.05) is 23.6 Å². The molecule has 1 saturated heterocycles. The first kappa shape index (κ1) is 24.6.